The predicted molar refractivity (Wildman–Crippen MR) is 40.1 cm³/mol. The van der Waals surface area contributed by atoms with Gasteiger partial charge in [-0.05, 0) is 0 Å². The zero-order valence-corrected chi connectivity index (χ0v) is 9.01. The SMILES string of the molecule is C[N](C)[Ge]([CH3])([CH3])[Br]. The summed E-state index contributed by atoms with van der Waals surface area (Å²) >= 11 is 2.14. The first-order valence-electron chi connectivity index (χ1n) is 2.31. The van der Waals surface area contributed by atoms with Crippen LogP contribution in [0.2, 0.25) is 11.5 Å². The Balaban J connectivity index is 3.54. The van der Waals surface area contributed by atoms with E-state index < -0.39 is 11.6 Å². The topological polar surface area (TPSA) is 3.24 Å². The minimum atomic E-state index is -1.52. The van der Waals surface area contributed by atoms with Crippen molar-refractivity contribution in [3.8, 4) is 0 Å². The summed E-state index contributed by atoms with van der Waals surface area (Å²) in [4.78, 5) is 0. The Morgan fingerprint density at radius 2 is 1.43 bits per heavy atom. The predicted octanol–water partition coefficient (Wildman–Crippen LogP) is 1.64. The van der Waals surface area contributed by atoms with E-state index in [-0.39, 0.29) is 0 Å². The van der Waals surface area contributed by atoms with Crippen LogP contribution in [0.25, 0.3) is 0 Å². The average Bonchev–Trinajstić information content (AvgIpc) is 1.31. The van der Waals surface area contributed by atoms with Gasteiger partial charge in [0.15, 0.2) is 0 Å². The molecule has 1 nitrogen and oxygen atoms in total. The zero-order chi connectivity index (χ0) is 6.08. The first-order chi connectivity index (χ1) is 2.94. The molecule has 0 fully saturated rings. The van der Waals surface area contributed by atoms with Crippen LogP contribution in [0.4, 0.5) is 0 Å². The van der Waals surface area contributed by atoms with Gasteiger partial charge in [0, 0.05) is 0 Å². The third kappa shape index (κ3) is 3.56. The molecule has 0 heterocycles. The third-order valence-electron chi connectivity index (χ3n) is 1.06. The van der Waals surface area contributed by atoms with Gasteiger partial charge >= 0.3 is 55.1 Å². The number of rotatable bonds is 1. The molecule has 0 spiro atoms. The Kier molecular flexibility index (Phi) is 2.86. The summed E-state index contributed by atoms with van der Waals surface area (Å²) in [5.74, 6) is 4.58. The zero-order valence-electron chi connectivity index (χ0n) is 5.33. The Bertz CT molecular complexity index is 57.2. The van der Waals surface area contributed by atoms with Gasteiger partial charge in [0.05, 0.1) is 0 Å². The van der Waals surface area contributed by atoms with E-state index in [9.17, 15) is 0 Å². The van der Waals surface area contributed by atoms with Gasteiger partial charge in [-0.1, -0.05) is 0 Å². The van der Waals surface area contributed by atoms with Crippen LogP contribution in [0.5, 0.6) is 0 Å². The molecule has 0 aliphatic heterocycles. The second-order valence-corrected chi connectivity index (χ2v) is 20.2. The molecule has 0 aromatic heterocycles. The Hall–Kier alpha value is 0.983. The van der Waals surface area contributed by atoms with E-state index in [1.54, 1.807) is 0 Å². The molecule has 0 aliphatic carbocycles. The molecule has 0 amide bonds. The maximum absolute atomic E-state index is 3.66. The second-order valence-electron chi connectivity index (χ2n) is 2.30. The van der Waals surface area contributed by atoms with E-state index >= 15 is 0 Å². The molecule has 0 aromatic carbocycles. The van der Waals surface area contributed by atoms with Gasteiger partial charge in [-0.15, -0.1) is 0 Å². The van der Waals surface area contributed by atoms with Crippen LogP contribution in [-0.4, -0.2) is 29.6 Å². The van der Waals surface area contributed by atoms with E-state index in [1.165, 1.54) is 0 Å². The Morgan fingerprint density at radius 3 is 1.43 bits per heavy atom. The van der Waals surface area contributed by atoms with Gasteiger partial charge in [-0.25, -0.2) is 0 Å². The van der Waals surface area contributed by atoms with Gasteiger partial charge in [-0.2, -0.15) is 0 Å². The summed E-state index contributed by atoms with van der Waals surface area (Å²) in [6.45, 7) is 0. The van der Waals surface area contributed by atoms with Crippen molar-refractivity contribution in [1.29, 1.82) is 0 Å². The van der Waals surface area contributed by atoms with Crippen molar-refractivity contribution in [2.45, 2.75) is 11.5 Å². The van der Waals surface area contributed by atoms with Gasteiger partial charge in [0.1, 0.15) is 0 Å². The van der Waals surface area contributed by atoms with E-state index in [4.69, 9.17) is 0 Å². The van der Waals surface area contributed by atoms with E-state index in [1.807, 2.05) is 0 Å². The van der Waals surface area contributed by atoms with Crippen molar-refractivity contribution in [2.75, 3.05) is 14.1 Å². The molecule has 0 aliphatic rings. The van der Waals surface area contributed by atoms with Gasteiger partial charge < -0.3 is 0 Å². The van der Waals surface area contributed by atoms with Crippen LogP contribution < -0.4 is 0 Å². The standard InChI is InChI=1S/C4H12BrGeN/c1-6(2,5)7(3)4/h1-4H3. The molecule has 0 unspecified atom stereocenters. The van der Waals surface area contributed by atoms with Crippen LogP contribution in [0, 0.1) is 0 Å². The van der Waals surface area contributed by atoms with Crippen molar-refractivity contribution in [2.24, 2.45) is 0 Å². The number of hydrogen-bond donors (Lipinski definition) is 0. The summed E-state index contributed by atoms with van der Waals surface area (Å²) in [6, 6.07) is 0. The molecule has 0 saturated heterocycles. The molecule has 0 N–H and O–H groups in total. The van der Waals surface area contributed by atoms with Crippen LogP contribution >= 0.6 is 14.0 Å². The van der Waals surface area contributed by atoms with Gasteiger partial charge in [-0.3, -0.25) is 0 Å². The maximum atomic E-state index is 3.66. The second kappa shape index (κ2) is 2.51. The average molecular weight is 227 g/mol. The summed E-state index contributed by atoms with van der Waals surface area (Å²) in [5.41, 5.74) is 0. The van der Waals surface area contributed by atoms with Crippen LogP contribution in [0.1, 0.15) is 0 Å². The third-order valence-corrected chi connectivity index (χ3v) is 9.21. The van der Waals surface area contributed by atoms with Crippen molar-refractivity contribution in [3.05, 3.63) is 0 Å². The molecule has 7 heavy (non-hydrogen) atoms. The first kappa shape index (κ1) is 7.98. The molecule has 0 atom stereocenters. The van der Waals surface area contributed by atoms with E-state index in [0.717, 1.165) is 0 Å². The first-order valence-corrected chi connectivity index (χ1v) is 12.4. The molecule has 44 valence electrons. The van der Waals surface area contributed by atoms with Crippen molar-refractivity contribution >= 4 is 25.7 Å². The van der Waals surface area contributed by atoms with Crippen molar-refractivity contribution in [3.63, 3.8) is 0 Å². The van der Waals surface area contributed by atoms with Crippen molar-refractivity contribution in [1.82, 2.24) is 3.86 Å². The normalized spacial score (nSPS) is 12.9. The number of nitrogens with zero attached hydrogens (tertiary/aromatic N) is 1. The van der Waals surface area contributed by atoms with E-state index in [2.05, 4.69) is 43.5 Å². The van der Waals surface area contributed by atoms with Crippen LogP contribution in [-0.2, 0) is 0 Å². The molecular formula is C4H12BrGeN. The summed E-state index contributed by atoms with van der Waals surface area (Å²) in [7, 11) is 4.24. The molecule has 3 heteroatoms. The molecule has 0 aromatic rings. The van der Waals surface area contributed by atoms with Crippen molar-refractivity contribution < 1.29 is 0 Å². The quantitative estimate of drug-likeness (QED) is 0.615. The Labute approximate surface area is 55.3 Å². The molecule has 0 radical (unpaired) electrons. The monoisotopic (exact) mass is 227 g/mol. The fourth-order valence-electron chi connectivity index (χ4n) is 0. The Morgan fingerprint density at radius 1 is 1.29 bits per heavy atom. The van der Waals surface area contributed by atoms with Crippen LogP contribution in [0.3, 0.4) is 0 Å². The molecule has 0 rings (SSSR count). The summed E-state index contributed by atoms with van der Waals surface area (Å²) in [5, 5.41) is 0. The fraction of sp³-hybridized carbons (Fsp3) is 1.00. The fourth-order valence-corrected chi connectivity index (χ4v) is 0. The minimum absolute atomic E-state index is 1.52. The number of hydrogen-bond acceptors (Lipinski definition) is 1. The van der Waals surface area contributed by atoms with Crippen LogP contribution in [0.15, 0.2) is 0 Å². The van der Waals surface area contributed by atoms with E-state index in [0.29, 0.717) is 0 Å². The molecule has 0 saturated carbocycles. The summed E-state index contributed by atoms with van der Waals surface area (Å²) < 4.78 is 2.29. The summed E-state index contributed by atoms with van der Waals surface area (Å²) in [6.07, 6.45) is 0. The molecular weight excluding hydrogens is 215 g/mol. The van der Waals surface area contributed by atoms with Gasteiger partial charge in [0.25, 0.3) is 0 Å². The van der Waals surface area contributed by atoms with Gasteiger partial charge in [0.2, 0.25) is 0 Å². The molecule has 0 bridgehead atoms. The number of halogens is 1.